The van der Waals surface area contributed by atoms with Crippen LogP contribution in [0.4, 0.5) is 4.79 Å². The number of ether oxygens (including phenoxy) is 1. The number of carbonyl (C=O) groups is 3. The summed E-state index contributed by atoms with van der Waals surface area (Å²) in [5, 5.41) is 12.0. The molecule has 0 aromatic carbocycles. The summed E-state index contributed by atoms with van der Waals surface area (Å²) in [7, 11) is 1.27. The Kier molecular flexibility index (Phi) is 6.98. The molecule has 2 amide bonds. The number of nitrogens with one attached hydrogen (secondary N) is 1. The molecule has 2 N–H and O–H groups in total. The van der Waals surface area contributed by atoms with Crippen LogP contribution in [0.15, 0.2) is 0 Å². The molecule has 1 saturated carbocycles. The van der Waals surface area contributed by atoms with Gasteiger partial charge in [0.25, 0.3) is 0 Å². The first-order valence-corrected chi connectivity index (χ1v) is 7.34. The van der Waals surface area contributed by atoms with Crippen molar-refractivity contribution in [2.75, 3.05) is 20.2 Å². The molecule has 0 heterocycles. The fraction of sp³-hybridized carbons (Fsp3) is 0.786. The number of rotatable bonds is 6. The summed E-state index contributed by atoms with van der Waals surface area (Å²) in [4.78, 5) is 36.2. The van der Waals surface area contributed by atoms with Crippen molar-refractivity contribution >= 4 is 18.0 Å². The number of carboxylic acid groups (broad SMARTS) is 1. The van der Waals surface area contributed by atoms with Crippen molar-refractivity contribution in [3.63, 3.8) is 0 Å². The molecular weight excluding hydrogens is 276 g/mol. The number of aliphatic carboxylic acids is 1. The van der Waals surface area contributed by atoms with Crippen molar-refractivity contribution in [3.8, 4) is 0 Å². The summed E-state index contributed by atoms with van der Waals surface area (Å²) in [6, 6.07) is -0.777. The lowest BCUT2D eigenvalue weighted by Crippen LogP contribution is -2.51. The van der Waals surface area contributed by atoms with Gasteiger partial charge in [-0.05, 0) is 19.3 Å². The van der Waals surface area contributed by atoms with Crippen LogP contribution in [0.1, 0.15) is 39.0 Å². The Hall–Kier alpha value is -1.79. The Bertz CT molecular complexity index is 386. The standard InChI is InChI=1S/C14H24N2O5/c1-3-8-16(9-12(17)21-2)14(20)15-11-7-5-4-6-10(11)13(18)19/h10-11H,3-9H2,1-2H3,(H,15,20)(H,18,19). The number of carboxylic acids is 1. The largest absolute Gasteiger partial charge is 0.481 e. The van der Waals surface area contributed by atoms with E-state index >= 15 is 0 Å². The first kappa shape index (κ1) is 17.3. The molecule has 0 aromatic rings. The molecule has 0 bridgehead atoms. The van der Waals surface area contributed by atoms with Gasteiger partial charge >= 0.3 is 18.0 Å². The molecule has 0 spiro atoms. The summed E-state index contributed by atoms with van der Waals surface area (Å²) in [6.45, 7) is 2.20. The van der Waals surface area contributed by atoms with Crippen molar-refractivity contribution in [1.29, 1.82) is 0 Å². The van der Waals surface area contributed by atoms with E-state index in [4.69, 9.17) is 0 Å². The third kappa shape index (κ3) is 5.24. The average Bonchev–Trinajstić information content (AvgIpc) is 2.46. The topological polar surface area (TPSA) is 95.9 Å². The number of hydrogen-bond acceptors (Lipinski definition) is 4. The minimum atomic E-state index is -0.880. The molecule has 0 aliphatic heterocycles. The highest BCUT2D eigenvalue weighted by atomic mass is 16.5. The Morgan fingerprint density at radius 2 is 1.95 bits per heavy atom. The minimum absolute atomic E-state index is 0.124. The molecule has 1 fully saturated rings. The van der Waals surface area contributed by atoms with E-state index in [-0.39, 0.29) is 12.6 Å². The van der Waals surface area contributed by atoms with Gasteiger partial charge in [0.05, 0.1) is 13.0 Å². The molecule has 120 valence electrons. The SMILES string of the molecule is CCCN(CC(=O)OC)C(=O)NC1CCCCC1C(=O)O. The molecule has 7 heteroatoms. The molecule has 1 aliphatic carbocycles. The Morgan fingerprint density at radius 1 is 1.29 bits per heavy atom. The van der Waals surface area contributed by atoms with Gasteiger partial charge in [-0.1, -0.05) is 19.8 Å². The van der Waals surface area contributed by atoms with E-state index in [0.717, 1.165) is 12.8 Å². The van der Waals surface area contributed by atoms with Crippen molar-refractivity contribution in [2.45, 2.75) is 45.1 Å². The van der Waals surface area contributed by atoms with E-state index in [9.17, 15) is 19.5 Å². The predicted octanol–water partition coefficient (Wildman–Crippen LogP) is 1.22. The fourth-order valence-electron chi connectivity index (χ4n) is 2.59. The van der Waals surface area contributed by atoms with Crippen LogP contribution < -0.4 is 5.32 Å². The van der Waals surface area contributed by atoms with Gasteiger partial charge in [-0.2, -0.15) is 0 Å². The number of urea groups is 1. The third-order valence-corrected chi connectivity index (χ3v) is 3.72. The lowest BCUT2D eigenvalue weighted by molar-refractivity contribution is -0.144. The van der Waals surface area contributed by atoms with E-state index in [1.165, 1.54) is 12.0 Å². The first-order valence-electron chi connectivity index (χ1n) is 7.34. The quantitative estimate of drug-likeness (QED) is 0.719. The normalized spacial score (nSPS) is 21.4. The van der Waals surface area contributed by atoms with Crippen LogP contribution in [-0.4, -0.2) is 54.2 Å². The second-order valence-corrected chi connectivity index (χ2v) is 5.28. The zero-order valence-electron chi connectivity index (χ0n) is 12.6. The van der Waals surface area contributed by atoms with Gasteiger partial charge in [0.15, 0.2) is 0 Å². The van der Waals surface area contributed by atoms with Crippen molar-refractivity contribution in [3.05, 3.63) is 0 Å². The van der Waals surface area contributed by atoms with Gasteiger partial charge in [-0.25, -0.2) is 4.79 Å². The maximum Gasteiger partial charge on any atom is 0.325 e. The maximum atomic E-state index is 12.2. The molecule has 1 rings (SSSR count). The molecular formula is C14H24N2O5. The average molecular weight is 300 g/mol. The van der Waals surface area contributed by atoms with Crippen LogP contribution in [0.25, 0.3) is 0 Å². The zero-order valence-corrected chi connectivity index (χ0v) is 12.6. The van der Waals surface area contributed by atoms with Crippen LogP contribution in [0.2, 0.25) is 0 Å². The number of hydrogen-bond donors (Lipinski definition) is 2. The highest BCUT2D eigenvalue weighted by Gasteiger charge is 2.32. The van der Waals surface area contributed by atoms with Crippen LogP contribution in [0.3, 0.4) is 0 Å². The van der Waals surface area contributed by atoms with Gasteiger partial charge in [0.2, 0.25) is 0 Å². The monoisotopic (exact) mass is 300 g/mol. The number of esters is 1. The fourth-order valence-corrected chi connectivity index (χ4v) is 2.59. The van der Waals surface area contributed by atoms with Gasteiger partial charge in [0.1, 0.15) is 6.54 Å². The van der Waals surface area contributed by atoms with Gasteiger partial charge in [-0.3, -0.25) is 9.59 Å². The lowest BCUT2D eigenvalue weighted by Gasteiger charge is -2.31. The molecule has 21 heavy (non-hydrogen) atoms. The van der Waals surface area contributed by atoms with Crippen LogP contribution in [0.5, 0.6) is 0 Å². The number of carbonyl (C=O) groups excluding carboxylic acids is 2. The lowest BCUT2D eigenvalue weighted by atomic mass is 9.84. The summed E-state index contributed by atoms with van der Waals surface area (Å²) in [5.41, 5.74) is 0. The maximum absolute atomic E-state index is 12.2. The molecule has 0 saturated heterocycles. The van der Waals surface area contributed by atoms with Crippen LogP contribution in [-0.2, 0) is 14.3 Å². The molecule has 7 nitrogen and oxygen atoms in total. The smallest absolute Gasteiger partial charge is 0.325 e. The third-order valence-electron chi connectivity index (χ3n) is 3.72. The molecule has 0 aromatic heterocycles. The van der Waals surface area contributed by atoms with E-state index < -0.39 is 23.9 Å². The highest BCUT2D eigenvalue weighted by Crippen LogP contribution is 2.24. The van der Waals surface area contributed by atoms with Gasteiger partial charge < -0.3 is 20.1 Å². The number of nitrogens with zero attached hydrogens (tertiary/aromatic N) is 1. The molecule has 2 unspecified atom stereocenters. The molecule has 0 radical (unpaired) electrons. The number of methoxy groups -OCH3 is 1. The summed E-state index contributed by atoms with van der Waals surface area (Å²) in [6.07, 6.45) is 3.70. The van der Waals surface area contributed by atoms with E-state index in [2.05, 4.69) is 10.1 Å². The van der Waals surface area contributed by atoms with E-state index in [1.807, 2.05) is 6.92 Å². The molecule has 1 aliphatic rings. The van der Waals surface area contributed by atoms with Crippen molar-refractivity contribution < 1.29 is 24.2 Å². The number of amides is 2. The second kappa shape index (κ2) is 8.49. The Balaban J connectivity index is 2.65. The van der Waals surface area contributed by atoms with Crippen LogP contribution >= 0.6 is 0 Å². The summed E-state index contributed by atoms with van der Waals surface area (Å²) < 4.78 is 4.57. The second-order valence-electron chi connectivity index (χ2n) is 5.28. The predicted molar refractivity (Wildman–Crippen MR) is 75.8 cm³/mol. The summed E-state index contributed by atoms with van der Waals surface area (Å²) in [5.74, 6) is -1.92. The highest BCUT2D eigenvalue weighted by molar-refractivity contribution is 5.81. The Labute approximate surface area is 124 Å². The van der Waals surface area contributed by atoms with Gasteiger partial charge in [0, 0.05) is 12.6 Å². The van der Waals surface area contributed by atoms with E-state index in [0.29, 0.717) is 25.8 Å². The van der Waals surface area contributed by atoms with Crippen molar-refractivity contribution in [2.24, 2.45) is 5.92 Å². The van der Waals surface area contributed by atoms with Crippen molar-refractivity contribution in [1.82, 2.24) is 10.2 Å². The first-order chi connectivity index (χ1) is 9.99. The minimum Gasteiger partial charge on any atom is -0.481 e. The zero-order chi connectivity index (χ0) is 15.8. The summed E-state index contributed by atoms with van der Waals surface area (Å²) >= 11 is 0. The van der Waals surface area contributed by atoms with Crippen LogP contribution in [0, 0.1) is 5.92 Å². The van der Waals surface area contributed by atoms with E-state index in [1.54, 1.807) is 0 Å². The Morgan fingerprint density at radius 3 is 2.52 bits per heavy atom. The van der Waals surface area contributed by atoms with Gasteiger partial charge in [-0.15, -0.1) is 0 Å². The molecule has 2 atom stereocenters.